The van der Waals surface area contributed by atoms with E-state index in [1.54, 1.807) is 30.6 Å². The van der Waals surface area contributed by atoms with Crippen LogP contribution in [0.4, 0.5) is 5.13 Å². The summed E-state index contributed by atoms with van der Waals surface area (Å²) < 4.78 is 37.1. The molecule has 0 aliphatic carbocycles. The number of carbonyl (C=O) groups excluding carboxylic acids is 1. The van der Waals surface area contributed by atoms with E-state index >= 15 is 0 Å². The number of fused-ring (bicyclic) bond motifs is 1. The molecule has 0 saturated carbocycles. The van der Waals surface area contributed by atoms with Crippen LogP contribution in [0.1, 0.15) is 17.8 Å². The first-order chi connectivity index (χ1) is 20.3. The van der Waals surface area contributed by atoms with Gasteiger partial charge in [-0.2, -0.15) is 0 Å². The highest BCUT2D eigenvalue weighted by atomic mass is 32.2. The summed E-state index contributed by atoms with van der Waals surface area (Å²) in [6.45, 7) is 2.18. The summed E-state index contributed by atoms with van der Waals surface area (Å²) in [4.78, 5) is 38.9. The zero-order valence-corrected chi connectivity index (χ0v) is 24.2. The van der Waals surface area contributed by atoms with Gasteiger partial charge in [-0.3, -0.25) is 15.0 Å². The monoisotopic (exact) mass is 609 g/mol. The first kappa shape index (κ1) is 28.1. The van der Waals surface area contributed by atoms with Gasteiger partial charge in [0.15, 0.2) is 33.1 Å². The van der Waals surface area contributed by atoms with Gasteiger partial charge in [0.25, 0.3) is 5.91 Å². The Morgan fingerprint density at radius 3 is 2.64 bits per heavy atom. The number of aromatic nitrogens is 4. The van der Waals surface area contributed by atoms with E-state index in [1.165, 1.54) is 35.6 Å². The number of anilines is 1. The SMILES string of the molecule is CN1CC(Oc2ccc3nc(NC(=O)C(=NOCc4ncccn4)c4ccc(S(=O)(=O)[C@H]5CCOC5)cc4)sc3n2)C1. The Morgan fingerprint density at radius 1 is 1.14 bits per heavy atom. The number of hydrogen-bond acceptors (Lipinski definition) is 13. The lowest BCUT2D eigenvalue weighted by molar-refractivity contribution is -0.110. The molecule has 1 aromatic carbocycles. The van der Waals surface area contributed by atoms with Gasteiger partial charge in [-0.1, -0.05) is 28.6 Å². The molecule has 2 fully saturated rings. The van der Waals surface area contributed by atoms with Crippen LogP contribution in [0.3, 0.4) is 0 Å². The Morgan fingerprint density at radius 2 is 1.93 bits per heavy atom. The van der Waals surface area contributed by atoms with Gasteiger partial charge < -0.3 is 14.3 Å². The number of hydrogen-bond donors (Lipinski definition) is 1. The molecule has 1 amide bonds. The number of likely N-dealkylation sites (tertiary alicyclic amines) is 1. The van der Waals surface area contributed by atoms with E-state index in [9.17, 15) is 13.2 Å². The van der Waals surface area contributed by atoms with Gasteiger partial charge in [0.05, 0.1) is 16.8 Å². The van der Waals surface area contributed by atoms with Gasteiger partial charge in [-0.25, -0.2) is 28.4 Å². The molecule has 15 heteroatoms. The Hall–Kier alpha value is -4.05. The Balaban J connectivity index is 1.22. The number of benzene rings is 1. The number of likely N-dealkylation sites (N-methyl/N-ethyl adjacent to an activating group) is 1. The van der Waals surface area contributed by atoms with E-state index in [0.29, 0.717) is 45.8 Å². The standard InChI is InChI=1S/C27H27N7O6S2/c1-34-13-18(14-34)40-23-8-7-21-26(31-23)41-27(30-21)32-25(35)24(33-39-16-22-28-10-2-11-29-22)17-3-5-19(6-4-17)42(36,37)20-9-12-38-15-20/h2-8,10-11,18,20H,9,12-16H2,1H3,(H,30,32,35)/t20-/m0/s1. The van der Waals surface area contributed by atoms with Crippen LogP contribution in [-0.4, -0.2) is 89.6 Å². The Kier molecular flexibility index (Phi) is 8.06. The number of sulfone groups is 1. The number of oxime groups is 1. The molecule has 0 bridgehead atoms. The molecule has 0 radical (unpaired) electrons. The van der Waals surface area contributed by atoms with Crippen molar-refractivity contribution in [3.63, 3.8) is 0 Å². The zero-order valence-electron chi connectivity index (χ0n) is 22.5. The molecular formula is C27H27N7O6S2. The molecule has 42 heavy (non-hydrogen) atoms. The third kappa shape index (κ3) is 6.23. The van der Waals surface area contributed by atoms with Gasteiger partial charge in [0.1, 0.15) is 16.5 Å². The summed E-state index contributed by atoms with van der Waals surface area (Å²) >= 11 is 1.19. The number of ether oxygens (including phenoxy) is 2. The van der Waals surface area contributed by atoms with Gasteiger partial charge >= 0.3 is 0 Å². The van der Waals surface area contributed by atoms with Crippen molar-refractivity contribution in [1.82, 2.24) is 24.8 Å². The lowest BCUT2D eigenvalue weighted by Crippen LogP contribution is -2.51. The third-order valence-corrected chi connectivity index (χ3v) is 9.79. The van der Waals surface area contributed by atoms with Crippen LogP contribution in [0.15, 0.2) is 64.9 Å². The van der Waals surface area contributed by atoms with Crippen molar-refractivity contribution in [2.45, 2.75) is 29.3 Å². The van der Waals surface area contributed by atoms with Crippen molar-refractivity contribution in [1.29, 1.82) is 0 Å². The molecule has 2 saturated heterocycles. The molecule has 1 atom stereocenters. The second-order valence-electron chi connectivity index (χ2n) is 9.84. The van der Waals surface area contributed by atoms with E-state index in [-0.39, 0.29) is 29.9 Å². The highest BCUT2D eigenvalue weighted by Crippen LogP contribution is 2.28. The lowest BCUT2D eigenvalue weighted by atomic mass is 10.1. The van der Waals surface area contributed by atoms with Crippen molar-refractivity contribution in [2.75, 3.05) is 38.7 Å². The van der Waals surface area contributed by atoms with Crippen LogP contribution < -0.4 is 10.1 Å². The van der Waals surface area contributed by atoms with Crippen LogP contribution in [0.2, 0.25) is 0 Å². The molecule has 218 valence electrons. The molecule has 2 aliphatic heterocycles. The molecule has 2 aliphatic rings. The quantitative estimate of drug-likeness (QED) is 0.208. The van der Waals surface area contributed by atoms with Crippen molar-refractivity contribution in [2.24, 2.45) is 5.16 Å². The largest absolute Gasteiger partial charge is 0.472 e. The molecular weight excluding hydrogens is 582 g/mol. The molecule has 4 aromatic rings. The minimum absolute atomic E-state index is 0.0730. The molecule has 0 spiro atoms. The average molecular weight is 610 g/mol. The predicted molar refractivity (Wildman–Crippen MR) is 154 cm³/mol. The number of rotatable bonds is 10. The summed E-state index contributed by atoms with van der Waals surface area (Å²) in [6, 6.07) is 11.2. The maximum absolute atomic E-state index is 13.4. The second-order valence-corrected chi connectivity index (χ2v) is 13.0. The smallest absolute Gasteiger partial charge is 0.280 e. The first-order valence-electron chi connectivity index (χ1n) is 13.2. The van der Waals surface area contributed by atoms with Crippen molar-refractivity contribution < 1.29 is 27.5 Å². The second kappa shape index (κ2) is 12.1. The van der Waals surface area contributed by atoms with Gasteiger partial charge in [-0.15, -0.1) is 0 Å². The van der Waals surface area contributed by atoms with Gasteiger partial charge in [0.2, 0.25) is 5.88 Å². The van der Waals surface area contributed by atoms with Crippen LogP contribution in [-0.2, 0) is 30.8 Å². The fourth-order valence-corrected chi connectivity index (χ4v) is 6.91. The summed E-state index contributed by atoms with van der Waals surface area (Å²) in [5.74, 6) is 0.280. The van der Waals surface area contributed by atoms with Crippen LogP contribution in [0.25, 0.3) is 10.3 Å². The van der Waals surface area contributed by atoms with Crippen molar-refractivity contribution >= 4 is 48.3 Å². The highest BCUT2D eigenvalue weighted by molar-refractivity contribution is 7.92. The number of amides is 1. The topological polar surface area (TPSA) is 158 Å². The number of nitrogens with zero attached hydrogens (tertiary/aromatic N) is 6. The molecule has 1 N–H and O–H groups in total. The van der Waals surface area contributed by atoms with Crippen LogP contribution >= 0.6 is 11.3 Å². The van der Waals surface area contributed by atoms with Crippen molar-refractivity contribution in [3.05, 3.63) is 66.2 Å². The van der Waals surface area contributed by atoms with E-state index in [1.807, 2.05) is 7.05 Å². The minimum atomic E-state index is -3.57. The summed E-state index contributed by atoms with van der Waals surface area (Å²) in [5.41, 5.74) is 0.878. The van der Waals surface area contributed by atoms with E-state index < -0.39 is 21.0 Å². The van der Waals surface area contributed by atoms with Crippen LogP contribution in [0, 0.1) is 0 Å². The first-order valence-corrected chi connectivity index (χ1v) is 15.5. The zero-order chi connectivity index (χ0) is 29.1. The summed E-state index contributed by atoms with van der Waals surface area (Å²) in [7, 11) is -1.55. The fraction of sp³-hybridized carbons (Fsp3) is 0.333. The predicted octanol–water partition coefficient (Wildman–Crippen LogP) is 2.30. The molecule has 5 heterocycles. The third-order valence-electron chi connectivity index (χ3n) is 6.74. The van der Waals surface area contributed by atoms with E-state index in [4.69, 9.17) is 14.3 Å². The van der Waals surface area contributed by atoms with E-state index in [2.05, 4.69) is 35.3 Å². The minimum Gasteiger partial charge on any atom is -0.472 e. The maximum atomic E-state index is 13.4. The molecule has 6 rings (SSSR count). The Bertz CT molecular complexity index is 1700. The fourth-order valence-electron chi connectivity index (χ4n) is 4.50. The lowest BCUT2D eigenvalue weighted by Gasteiger charge is -2.35. The normalized spacial score (nSPS) is 18.1. The highest BCUT2D eigenvalue weighted by Gasteiger charge is 2.31. The molecule has 3 aromatic heterocycles. The number of carbonyl (C=O) groups is 1. The number of pyridine rings is 1. The van der Waals surface area contributed by atoms with Gasteiger partial charge in [0, 0.05) is 43.7 Å². The van der Waals surface area contributed by atoms with Crippen molar-refractivity contribution in [3.8, 4) is 5.88 Å². The van der Waals surface area contributed by atoms with Crippen LogP contribution in [0.5, 0.6) is 5.88 Å². The van der Waals surface area contributed by atoms with E-state index in [0.717, 1.165) is 13.1 Å². The number of nitrogens with one attached hydrogen (secondary N) is 1. The number of thiazole rings is 1. The summed E-state index contributed by atoms with van der Waals surface area (Å²) in [5, 5.41) is 6.54. The molecule has 0 unspecified atom stereocenters. The summed E-state index contributed by atoms with van der Waals surface area (Å²) in [6.07, 6.45) is 3.68. The molecule has 13 nitrogen and oxygen atoms in total. The Labute approximate surface area is 245 Å². The van der Waals surface area contributed by atoms with Gasteiger partial charge in [-0.05, 0) is 37.7 Å². The average Bonchev–Trinajstić information content (AvgIpc) is 3.66. The maximum Gasteiger partial charge on any atom is 0.280 e.